The fourth-order valence-corrected chi connectivity index (χ4v) is 1.73. The normalized spacial score (nSPS) is 12.9. The Balaban J connectivity index is 3.05. The van der Waals surface area contributed by atoms with Gasteiger partial charge >= 0.3 is 0 Å². The van der Waals surface area contributed by atoms with Gasteiger partial charge in [-0.3, -0.25) is 0 Å². The maximum absolute atomic E-state index is 3.34. The van der Waals surface area contributed by atoms with Crippen LogP contribution in [0.1, 0.15) is 36.1 Å². The predicted octanol–water partition coefficient (Wildman–Crippen LogP) is 2.97. The van der Waals surface area contributed by atoms with Crippen molar-refractivity contribution in [1.29, 1.82) is 0 Å². The van der Waals surface area contributed by atoms with Gasteiger partial charge in [-0.2, -0.15) is 0 Å². The summed E-state index contributed by atoms with van der Waals surface area (Å²) in [4.78, 5) is 0. The summed E-state index contributed by atoms with van der Waals surface area (Å²) in [5, 5.41) is 3.34. The van der Waals surface area contributed by atoms with Gasteiger partial charge < -0.3 is 5.32 Å². The Labute approximate surface area is 81.2 Å². The van der Waals surface area contributed by atoms with Gasteiger partial charge in [-0.15, -0.1) is 0 Å². The van der Waals surface area contributed by atoms with Crippen molar-refractivity contribution in [2.45, 2.75) is 33.2 Å². The van der Waals surface area contributed by atoms with E-state index in [9.17, 15) is 0 Å². The second kappa shape index (κ2) is 4.43. The molecule has 0 radical (unpaired) electrons. The molecule has 1 heteroatoms. The smallest absolute Gasteiger partial charge is 0.0317 e. The van der Waals surface area contributed by atoms with Crippen molar-refractivity contribution in [3.63, 3.8) is 0 Å². The molecule has 1 N–H and O–H groups in total. The average Bonchev–Trinajstić information content (AvgIpc) is 2.14. The van der Waals surface area contributed by atoms with Gasteiger partial charge in [-0.25, -0.2) is 0 Å². The van der Waals surface area contributed by atoms with E-state index in [4.69, 9.17) is 0 Å². The van der Waals surface area contributed by atoms with Crippen molar-refractivity contribution in [1.82, 2.24) is 5.32 Å². The highest BCUT2D eigenvalue weighted by Crippen LogP contribution is 2.22. The maximum atomic E-state index is 3.34. The van der Waals surface area contributed by atoms with Gasteiger partial charge in [0.1, 0.15) is 0 Å². The van der Waals surface area contributed by atoms with E-state index in [1.165, 1.54) is 16.7 Å². The fourth-order valence-electron chi connectivity index (χ4n) is 1.73. The summed E-state index contributed by atoms with van der Waals surface area (Å²) >= 11 is 0. The number of benzene rings is 1. The SMILES string of the molecule is CCC(NC)c1cccc(C)c1C. The Kier molecular flexibility index (Phi) is 3.49. The molecule has 0 saturated heterocycles. The summed E-state index contributed by atoms with van der Waals surface area (Å²) in [5.41, 5.74) is 4.24. The number of aryl methyl sites for hydroxylation is 1. The van der Waals surface area contributed by atoms with Crippen LogP contribution >= 0.6 is 0 Å². The van der Waals surface area contributed by atoms with Gasteiger partial charge in [-0.05, 0) is 44.0 Å². The van der Waals surface area contributed by atoms with Gasteiger partial charge in [0.05, 0.1) is 0 Å². The summed E-state index contributed by atoms with van der Waals surface area (Å²) in [5.74, 6) is 0. The van der Waals surface area contributed by atoms with E-state index in [-0.39, 0.29) is 0 Å². The minimum absolute atomic E-state index is 0.500. The molecule has 0 fully saturated rings. The highest BCUT2D eigenvalue weighted by Gasteiger charge is 2.09. The van der Waals surface area contributed by atoms with Crippen LogP contribution in [-0.2, 0) is 0 Å². The lowest BCUT2D eigenvalue weighted by Crippen LogP contribution is -2.16. The highest BCUT2D eigenvalue weighted by molar-refractivity contribution is 5.35. The van der Waals surface area contributed by atoms with E-state index in [0.29, 0.717) is 6.04 Å². The van der Waals surface area contributed by atoms with Gasteiger partial charge in [0.25, 0.3) is 0 Å². The highest BCUT2D eigenvalue weighted by atomic mass is 14.9. The minimum Gasteiger partial charge on any atom is -0.313 e. The third-order valence-electron chi connectivity index (χ3n) is 2.78. The summed E-state index contributed by atoms with van der Waals surface area (Å²) in [7, 11) is 2.02. The first kappa shape index (κ1) is 10.3. The molecule has 0 aliphatic heterocycles. The monoisotopic (exact) mass is 177 g/mol. The molecule has 13 heavy (non-hydrogen) atoms. The van der Waals surface area contributed by atoms with Crippen LogP contribution in [0.5, 0.6) is 0 Å². The van der Waals surface area contributed by atoms with E-state index >= 15 is 0 Å². The van der Waals surface area contributed by atoms with Crippen molar-refractivity contribution in [3.05, 3.63) is 34.9 Å². The number of nitrogens with one attached hydrogen (secondary N) is 1. The maximum Gasteiger partial charge on any atom is 0.0317 e. The molecule has 0 aliphatic rings. The molecule has 0 aliphatic carbocycles. The molecule has 1 aromatic rings. The molecular formula is C12H19N. The lowest BCUT2D eigenvalue weighted by molar-refractivity contribution is 0.573. The molecule has 0 bridgehead atoms. The average molecular weight is 177 g/mol. The molecule has 1 nitrogen and oxygen atoms in total. The minimum atomic E-state index is 0.500. The third-order valence-corrected chi connectivity index (χ3v) is 2.78. The largest absolute Gasteiger partial charge is 0.313 e. The van der Waals surface area contributed by atoms with Crippen molar-refractivity contribution in [2.24, 2.45) is 0 Å². The van der Waals surface area contributed by atoms with Gasteiger partial charge in [-0.1, -0.05) is 25.1 Å². The van der Waals surface area contributed by atoms with Crippen molar-refractivity contribution in [3.8, 4) is 0 Å². The molecule has 0 amide bonds. The molecule has 1 aromatic carbocycles. The lowest BCUT2D eigenvalue weighted by Gasteiger charge is -2.18. The van der Waals surface area contributed by atoms with E-state index < -0.39 is 0 Å². The Hall–Kier alpha value is -0.820. The molecule has 0 heterocycles. The standard InChI is InChI=1S/C12H19N/c1-5-12(13-4)11-8-6-7-9(2)10(11)3/h6-8,12-13H,5H2,1-4H3. The zero-order valence-corrected chi connectivity index (χ0v) is 9.02. The molecule has 0 spiro atoms. The first-order valence-electron chi connectivity index (χ1n) is 4.94. The van der Waals surface area contributed by atoms with Gasteiger partial charge in [0.15, 0.2) is 0 Å². The quantitative estimate of drug-likeness (QED) is 0.748. The predicted molar refractivity (Wildman–Crippen MR) is 58.0 cm³/mol. The van der Waals surface area contributed by atoms with E-state index in [2.05, 4.69) is 44.3 Å². The van der Waals surface area contributed by atoms with E-state index in [1.807, 2.05) is 7.05 Å². The van der Waals surface area contributed by atoms with E-state index in [0.717, 1.165) is 6.42 Å². The summed E-state index contributed by atoms with van der Waals surface area (Å²) in [6, 6.07) is 7.02. The number of hydrogen-bond donors (Lipinski definition) is 1. The van der Waals surface area contributed by atoms with Crippen molar-refractivity contribution >= 4 is 0 Å². The second-order valence-electron chi connectivity index (χ2n) is 3.54. The summed E-state index contributed by atoms with van der Waals surface area (Å²) < 4.78 is 0. The number of rotatable bonds is 3. The Morgan fingerprint density at radius 3 is 2.54 bits per heavy atom. The second-order valence-corrected chi connectivity index (χ2v) is 3.54. The van der Waals surface area contributed by atoms with Crippen LogP contribution in [0.4, 0.5) is 0 Å². The van der Waals surface area contributed by atoms with Crippen LogP contribution < -0.4 is 5.32 Å². The Morgan fingerprint density at radius 2 is 2.00 bits per heavy atom. The van der Waals surface area contributed by atoms with Crippen LogP contribution in [0.15, 0.2) is 18.2 Å². The fraction of sp³-hybridized carbons (Fsp3) is 0.500. The zero-order chi connectivity index (χ0) is 9.84. The van der Waals surface area contributed by atoms with Crippen LogP contribution in [0.25, 0.3) is 0 Å². The summed E-state index contributed by atoms with van der Waals surface area (Å²) in [6.07, 6.45) is 1.14. The number of hydrogen-bond acceptors (Lipinski definition) is 1. The van der Waals surface area contributed by atoms with Gasteiger partial charge in [0.2, 0.25) is 0 Å². The summed E-state index contributed by atoms with van der Waals surface area (Å²) in [6.45, 7) is 6.58. The topological polar surface area (TPSA) is 12.0 Å². The van der Waals surface area contributed by atoms with E-state index in [1.54, 1.807) is 0 Å². The first-order valence-corrected chi connectivity index (χ1v) is 4.94. The van der Waals surface area contributed by atoms with Crippen LogP contribution in [0, 0.1) is 13.8 Å². The molecule has 1 rings (SSSR count). The molecule has 1 atom stereocenters. The van der Waals surface area contributed by atoms with Crippen LogP contribution in [-0.4, -0.2) is 7.05 Å². The Morgan fingerprint density at radius 1 is 1.31 bits per heavy atom. The molecule has 0 aromatic heterocycles. The van der Waals surface area contributed by atoms with Crippen LogP contribution in [0.2, 0.25) is 0 Å². The van der Waals surface area contributed by atoms with Crippen molar-refractivity contribution in [2.75, 3.05) is 7.05 Å². The van der Waals surface area contributed by atoms with Crippen molar-refractivity contribution < 1.29 is 0 Å². The first-order chi connectivity index (χ1) is 6.20. The lowest BCUT2D eigenvalue weighted by atomic mass is 9.96. The molecular weight excluding hydrogens is 158 g/mol. The zero-order valence-electron chi connectivity index (χ0n) is 9.02. The van der Waals surface area contributed by atoms with Crippen LogP contribution in [0.3, 0.4) is 0 Å². The van der Waals surface area contributed by atoms with Gasteiger partial charge in [0, 0.05) is 6.04 Å². The molecule has 72 valence electrons. The molecule has 1 unspecified atom stereocenters. The third kappa shape index (κ3) is 2.10. The molecule has 0 saturated carbocycles. The Bertz CT molecular complexity index is 274.